The molecule has 2 N–H and O–H groups in total. The maximum absolute atomic E-state index is 12.2. The molecule has 3 atom stereocenters. The number of hydrogen-bond acceptors (Lipinski definition) is 4. The molecule has 1 aliphatic rings. The summed E-state index contributed by atoms with van der Waals surface area (Å²) < 4.78 is -0.596. The van der Waals surface area contributed by atoms with E-state index in [1.165, 1.54) is 10.9 Å². The summed E-state index contributed by atoms with van der Waals surface area (Å²) in [6.45, 7) is 6.27. The van der Waals surface area contributed by atoms with Gasteiger partial charge in [-0.2, -0.15) is 0 Å². The van der Waals surface area contributed by atoms with E-state index in [4.69, 9.17) is 0 Å². The van der Waals surface area contributed by atoms with Crippen LogP contribution in [0.2, 0.25) is 0 Å². The Kier molecular flexibility index (Phi) is 6.05. The summed E-state index contributed by atoms with van der Waals surface area (Å²) in [5.41, 5.74) is 2.46. The Balaban J connectivity index is 2.34. The van der Waals surface area contributed by atoms with Gasteiger partial charge in [0.15, 0.2) is 0 Å². The molecule has 1 aromatic carbocycles. The van der Waals surface area contributed by atoms with E-state index in [2.05, 4.69) is 42.6 Å². The van der Waals surface area contributed by atoms with Gasteiger partial charge in [0.05, 0.1) is 0 Å². The number of aromatic amines is 1. The van der Waals surface area contributed by atoms with E-state index in [1.54, 1.807) is 23.5 Å². The van der Waals surface area contributed by atoms with Crippen molar-refractivity contribution in [3.05, 3.63) is 35.5 Å². The number of aromatic nitrogens is 1. The van der Waals surface area contributed by atoms with Crippen LogP contribution in [0.5, 0.6) is 0 Å². The number of benzene rings is 1. The second-order valence-electron chi connectivity index (χ2n) is 8.00. The molecule has 1 aromatic heterocycles. The van der Waals surface area contributed by atoms with Crippen LogP contribution in [-0.2, 0) is 8.87 Å². The van der Waals surface area contributed by atoms with Gasteiger partial charge in [-0.05, 0) is 48.8 Å². The maximum atomic E-state index is 12.2. The Hall–Kier alpha value is -0.910. The largest absolute Gasteiger partial charge is 0.386 e. The molecule has 1 heterocycles. The molecular weight excluding hydrogens is 374 g/mol. The van der Waals surface area contributed by atoms with E-state index in [1.807, 2.05) is 19.9 Å². The third-order valence-corrected chi connectivity index (χ3v) is 9.50. The van der Waals surface area contributed by atoms with Crippen molar-refractivity contribution in [1.82, 2.24) is 4.98 Å². The van der Waals surface area contributed by atoms with Crippen molar-refractivity contribution < 1.29 is 9.90 Å². The van der Waals surface area contributed by atoms with Gasteiger partial charge in [-0.1, -0.05) is 45.4 Å². The van der Waals surface area contributed by atoms with Gasteiger partial charge in [0.25, 0.3) is 0 Å². The molecule has 148 valence electrons. The summed E-state index contributed by atoms with van der Waals surface area (Å²) >= 11 is 3.32. The fourth-order valence-corrected chi connectivity index (χ4v) is 7.63. The molecule has 0 saturated carbocycles. The Morgan fingerprint density at radius 2 is 1.96 bits per heavy atom. The number of fused-ring (bicyclic) bond motifs is 3. The fraction of sp³-hybridized carbons (Fsp3) is 0.591. The summed E-state index contributed by atoms with van der Waals surface area (Å²) in [4.78, 5) is 15.8. The highest BCUT2D eigenvalue weighted by Gasteiger charge is 2.61. The Morgan fingerprint density at radius 3 is 2.52 bits per heavy atom. The average molecular weight is 406 g/mol. The second-order valence-corrected chi connectivity index (χ2v) is 10.3. The van der Waals surface area contributed by atoms with Crippen molar-refractivity contribution in [2.75, 3.05) is 12.5 Å². The highest BCUT2D eigenvalue weighted by molar-refractivity contribution is 8.17. The zero-order valence-corrected chi connectivity index (χ0v) is 18.5. The monoisotopic (exact) mass is 405 g/mol. The van der Waals surface area contributed by atoms with Crippen molar-refractivity contribution in [3.8, 4) is 0 Å². The van der Waals surface area contributed by atoms with Crippen molar-refractivity contribution >= 4 is 40.7 Å². The molecule has 3 rings (SSSR count). The summed E-state index contributed by atoms with van der Waals surface area (Å²) in [5, 5.41) is 13.4. The van der Waals surface area contributed by atoms with Gasteiger partial charge in [-0.3, -0.25) is 0 Å². The van der Waals surface area contributed by atoms with E-state index in [0.717, 1.165) is 30.3 Å². The molecule has 5 heteroatoms. The molecule has 3 nitrogen and oxygen atoms in total. The second kappa shape index (κ2) is 7.84. The van der Waals surface area contributed by atoms with Crippen LogP contribution < -0.4 is 0 Å². The Labute approximate surface area is 171 Å². The zero-order valence-electron chi connectivity index (χ0n) is 16.9. The minimum absolute atomic E-state index is 0.0828. The number of thioether (sulfide) groups is 2. The number of hydrogen-bond donors (Lipinski definition) is 2. The topological polar surface area (TPSA) is 53.1 Å². The minimum atomic E-state index is -1.10. The molecule has 0 fully saturated rings. The lowest BCUT2D eigenvalue weighted by Crippen LogP contribution is -2.58. The van der Waals surface area contributed by atoms with Crippen molar-refractivity contribution in [2.24, 2.45) is 11.8 Å². The molecular formula is C22H31NO2S2. The number of carbonyl (C=O) groups excluding carboxylic acids is 1. The molecule has 1 aliphatic carbocycles. The number of carbonyl (C=O) groups is 1. The lowest BCUT2D eigenvalue weighted by atomic mass is 9.66. The number of nitrogens with one attached hydrogen (secondary N) is 1. The number of aldehydes is 1. The molecule has 0 spiro atoms. The number of H-pyrrole nitrogens is 1. The van der Waals surface area contributed by atoms with Crippen LogP contribution in [0.15, 0.2) is 24.3 Å². The van der Waals surface area contributed by atoms with Crippen LogP contribution in [-0.4, -0.2) is 34.5 Å². The van der Waals surface area contributed by atoms with Crippen LogP contribution in [0.3, 0.4) is 0 Å². The summed E-state index contributed by atoms with van der Waals surface area (Å²) in [7, 11) is 0. The van der Waals surface area contributed by atoms with Crippen LogP contribution in [0, 0.1) is 11.8 Å². The van der Waals surface area contributed by atoms with E-state index < -0.39 is 15.6 Å². The molecule has 0 aliphatic heterocycles. The lowest BCUT2D eigenvalue weighted by molar-refractivity contribution is -0.127. The van der Waals surface area contributed by atoms with Gasteiger partial charge in [-0.25, -0.2) is 0 Å². The third-order valence-electron chi connectivity index (χ3n) is 6.24. The van der Waals surface area contributed by atoms with E-state index >= 15 is 0 Å². The van der Waals surface area contributed by atoms with Crippen molar-refractivity contribution in [2.45, 2.75) is 55.6 Å². The van der Waals surface area contributed by atoms with Crippen LogP contribution >= 0.6 is 23.5 Å². The van der Waals surface area contributed by atoms with Gasteiger partial charge >= 0.3 is 0 Å². The van der Waals surface area contributed by atoms with Crippen molar-refractivity contribution in [3.63, 3.8) is 0 Å². The first-order chi connectivity index (χ1) is 12.9. The van der Waals surface area contributed by atoms with Crippen LogP contribution in [0.1, 0.15) is 57.2 Å². The highest BCUT2D eigenvalue weighted by Crippen LogP contribution is 2.63. The summed E-state index contributed by atoms with van der Waals surface area (Å²) in [6, 6.07) is 8.43. The first-order valence-electron chi connectivity index (χ1n) is 9.79. The van der Waals surface area contributed by atoms with Gasteiger partial charge in [0, 0.05) is 22.5 Å². The smallest absolute Gasteiger partial charge is 0.130 e. The first-order valence-corrected chi connectivity index (χ1v) is 12.2. The molecule has 0 radical (unpaired) electrons. The van der Waals surface area contributed by atoms with E-state index in [-0.39, 0.29) is 11.8 Å². The van der Waals surface area contributed by atoms with Crippen molar-refractivity contribution in [1.29, 1.82) is 0 Å². The molecule has 0 amide bonds. The number of para-hydroxylation sites is 1. The Bertz CT molecular complexity index is 812. The molecule has 3 unspecified atom stereocenters. The maximum Gasteiger partial charge on any atom is 0.130 e. The number of rotatable bonds is 7. The third kappa shape index (κ3) is 2.97. The average Bonchev–Trinajstić information content (AvgIpc) is 3.03. The van der Waals surface area contributed by atoms with E-state index in [9.17, 15) is 9.90 Å². The standard InChI is InChI=1S/C22H31NO2S2/c1-6-9-15-12-21(25,17(13-24)14(2)3)22(26-4,27-5)20-19(15)16-10-7-8-11-18(16)23-20/h7-8,10-11,13-15,17,23,25H,6,9,12H2,1-5H3. The predicted molar refractivity (Wildman–Crippen MR) is 119 cm³/mol. The number of aliphatic hydroxyl groups is 1. The zero-order chi connectivity index (χ0) is 19.8. The predicted octanol–water partition coefficient (Wildman–Crippen LogP) is 5.54. The van der Waals surface area contributed by atoms with Gasteiger partial charge in [0.1, 0.15) is 16.0 Å². The SMILES string of the molecule is CCCC1CC(O)(C(C=O)C(C)C)C(SC)(SC)c2[nH]c3ccccc3c21. The van der Waals surface area contributed by atoms with E-state index in [0.29, 0.717) is 6.42 Å². The first kappa shape index (κ1) is 20.8. The van der Waals surface area contributed by atoms with Gasteiger partial charge < -0.3 is 14.9 Å². The van der Waals surface area contributed by atoms with Gasteiger partial charge in [0.2, 0.25) is 0 Å². The quantitative estimate of drug-likeness (QED) is 0.469. The minimum Gasteiger partial charge on any atom is -0.386 e. The highest BCUT2D eigenvalue weighted by atomic mass is 32.2. The van der Waals surface area contributed by atoms with Crippen LogP contribution in [0.25, 0.3) is 10.9 Å². The summed E-state index contributed by atoms with van der Waals surface area (Å²) in [5.74, 6) is -0.0736. The molecule has 0 saturated heterocycles. The molecule has 27 heavy (non-hydrogen) atoms. The fourth-order valence-electron chi connectivity index (χ4n) is 5.09. The summed E-state index contributed by atoms with van der Waals surface area (Å²) in [6.07, 6.45) is 7.79. The van der Waals surface area contributed by atoms with Gasteiger partial charge in [-0.15, -0.1) is 23.5 Å². The molecule has 2 aromatic rings. The van der Waals surface area contributed by atoms with Crippen LogP contribution in [0.4, 0.5) is 0 Å². The normalized spacial score (nSPS) is 25.5. The molecule has 0 bridgehead atoms. The Morgan fingerprint density at radius 1 is 1.30 bits per heavy atom. The lowest BCUT2D eigenvalue weighted by Gasteiger charge is -2.53.